The first kappa shape index (κ1) is 14.0. The molecule has 0 aromatic carbocycles. The smallest absolute Gasteiger partial charge is 0.303 e. The summed E-state index contributed by atoms with van der Waals surface area (Å²) in [6, 6.07) is 5.51. The summed E-state index contributed by atoms with van der Waals surface area (Å²) in [4.78, 5) is 31.9. The van der Waals surface area contributed by atoms with Crippen molar-refractivity contribution in [1.82, 2.24) is 19.6 Å². The van der Waals surface area contributed by atoms with E-state index in [0.29, 0.717) is 22.6 Å². The van der Waals surface area contributed by atoms with Crippen LogP contribution in [0.3, 0.4) is 0 Å². The van der Waals surface area contributed by atoms with Crippen LogP contribution in [0.5, 0.6) is 0 Å². The van der Waals surface area contributed by atoms with Crippen LogP contribution in [-0.2, 0) is 11.2 Å². The van der Waals surface area contributed by atoms with Crippen molar-refractivity contribution in [1.29, 1.82) is 0 Å². The molecule has 3 heterocycles. The molecule has 7 nitrogen and oxygen atoms in total. The molecule has 0 aliphatic rings. The van der Waals surface area contributed by atoms with Crippen molar-refractivity contribution in [3.05, 3.63) is 52.2 Å². The lowest BCUT2D eigenvalue weighted by Gasteiger charge is -2.05. The number of hydrogen-bond donors (Lipinski definition) is 2. The van der Waals surface area contributed by atoms with E-state index in [1.54, 1.807) is 19.3 Å². The SMILES string of the molecule is Cc1nc2c(-c3ccccn3)c[nH]n2c(=O)c1CCC(=O)O. The van der Waals surface area contributed by atoms with Crippen molar-refractivity contribution in [3.8, 4) is 11.3 Å². The average Bonchev–Trinajstić information content (AvgIpc) is 2.91. The predicted octanol–water partition coefficient (Wildman–Crippen LogP) is 1.41. The fourth-order valence-electron chi connectivity index (χ4n) is 2.39. The number of fused-ring (bicyclic) bond motifs is 1. The minimum atomic E-state index is -0.940. The van der Waals surface area contributed by atoms with Gasteiger partial charge in [-0.3, -0.25) is 19.7 Å². The van der Waals surface area contributed by atoms with Crippen molar-refractivity contribution in [2.75, 3.05) is 0 Å². The largest absolute Gasteiger partial charge is 0.481 e. The van der Waals surface area contributed by atoms with Gasteiger partial charge in [0.25, 0.3) is 5.56 Å². The lowest BCUT2D eigenvalue weighted by atomic mass is 10.1. The van der Waals surface area contributed by atoms with E-state index in [1.807, 2.05) is 18.2 Å². The first-order valence-corrected chi connectivity index (χ1v) is 6.80. The maximum atomic E-state index is 12.5. The van der Waals surface area contributed by atoms with Crippen LogP contribution in [0, 0.1) is 6.92 Å². The first-order chi connectivity index (χ1) is 10.6. The maximum absolute atomic E-state index is 12.5. The molecule has 0 fully saturated rings. The van der Waals surface area contributed by atoms with Crippen molar-refractivity contribution in [2.45, 2.75) is 19.8 Å². The van der Waals surface area contributed by atoms with Gasteiger partial charge in [0, 0.05) is 30.1 Å². The summed E-state index contributed by atoms with van der Waals surface area (Å²) in [6.07, 6.45) is 3.41. The Morgan fingerprint density at radius 3 is 2.91 bits per heavy atom. The highest BCUT2D eigenvalue weighted by Gasteiger charge is 2.15. The normalized spacial score (nSPS) is 11.0. The second kappa shape index (κ2) is 5.44. The second-order valence-corrected chi connectivity index (χ2v) is 4.94. The molecule has 0 saturated carbocycles. The standard InChI is InChI=1S/C15H14N4O3/c1-9-10(5-6-13(20)21)15(22)19-14(18-9)11(8-17-19)12-4-2-3-7-16-12/h2-4,7-8,17H,5-6H2,1H3,(H,20,21). The van der Waals surface area contributed by atoms with Crippen molar-refractivity contribution in [3.63, 3.8) is 0 Å². The first-order valence-electron chi connectivity index (χ1n) is 6.80. The molecule has 0 radical (unpaired) electrons. The molecule has 112 valence electrons. The number of hydrogen-bond acceptors (Lipinski definition) is 4. The predicted molar refractivity (Wildman–Crippen MR) is 79.7 cm³/mol. The fourth-order valence-corrected chi connectivity index (χ4v) is 2.39. The zero-order chi connectivity index (χ0) is 15.7. The minimum Gasteiger partial charge on any atom is -0.481 e. The summed E-state index contributed by atoms with van der Waals surface area (Å²) in [5.74, 6) is -0.940. The Kier molecular flexibility index (Phi) is 3.46. The van der Waals surface area contributed by atoms with Gasteiger partial charge in [0.05, 0.1) is 11.3 Å². The van der Waals surface area contributed by atoms with Crippen LogP contribution >= 0.6 is 0 Å². The average molecular weight is 298 g/mol. The number of carboxylic acids is 1. The van der Waals surface area contributed by atoms with Crippen LogP contribution in [-0.4, -0.2) is 30.7 Å². The highest BCUT2D eigenvalue weighted by atomic mass is 16.4. The zero-order valence-electron chi connectivity index (χ0n) is 11.9. The molecule has 0 aliphatic heterocycles. The molecule has 3 aromatic heterocycles. The number of pyridine rings is 1. The maximum Gasteiger partial charge on any atom is 0.303 e. The lowest BCUT2D eigenvalue weighted by Crippen LogP contribution is -2.22. The summed E-state index contributed by atoms with van der Waals surface area (Å²) >= 11 is 0. The van der Waals surface area contributed by atoms with Crippen molar-refractivity contribution < 1.29 is 9.90 Å². The van der Waals surface area contributed by atoms with Gasteiger partial charge < -0.3 is 5.11 Å². The van der Waals surface area contributed by atoms with Crippen molar-refractivity contribution >= 4 is 11.6 Å². The topological polar surface area (TPSA) is 100 Å². The van der Waals surface area contributed by atoms with Gasteiger partial charge in [0.1, 0.15) is 0 Å². The van der Waals surface area contributed by atoms with Crippen LogP contribution in [0.25, 0.3) is 16.9 Å². The summed E-state index contributed by atoms with van der Waals surface area (Å²) in [6.45, 7) is 1.72. The molecule has 2 N–H and O–H groups in total. The second-order valence-electron chi connectivity index (χ2n) is 4.94. The highest BCUT2D eigenvalue weighted by molar-refractivity contribution is 5.74. The molecule has 0 aliphatic carbocycles. The number of aliphatic carboxylic acids is 1. The number of nitrogens with zero attached hydrogens (tertiary/aromatic N) is 3. The van der Waals surface area contributed by atoms with E-state index in [0.717, 1.165) is 5.56 Å². The van der Waals surface area contributed by atoms with Crippen LogP contribution in [0.2, 0.25) is 0 Å². The van der Waals surface area contributed by atoms with Crippen molar-refractivity contribution in [2.24, 2.45) is 0 Å². The number of carbonyl (C=O) groups is 1. The van der Waals surface area contributed by atoms with E-state index >= 15 is 0 Å². The van der Waals surface area contributed by atoms with Gasteiger partial charge in [0.2, 0.25) is 0 Å². The zero-order valence-corrected chi connectivity index (χ0v) is 11.9. The molecule has 0 saturated heterocycles. The molecule has 22 heavy (non-hydrogen) atoms. The molecule has 3 aromatic rings. The van der Waals surface area contributed by atoms with E-state index in [1.165, 1.54) is 4.52 Å². The molecular formula is C15H14N4O3. The molecule has 3 rings (SSSR count). The number of H-pyrrole nitrogens is 1. The molecule has 7 heteroatoms. The van der Waals surface area contributed by atoms with Gasteiger partial charge in [-0.1, -0.05) is 6.07 Å². The van der Waals surface area contributed by atoms with Crippen LogP contribution < -0.4 is 5.56 Å². The van der Waals surface area contributed by atoms with Gasteiger partial charge in [-0.05, 0) is 25.5 Å². The van der Waals surface area contributed by atoms with Gasteiger partial charge >= 0.3 is 5.97 Å². The summed E-state index contributed by atoms with van der Waals surface area (Å²) < 4.78 is 1.33. The Morgan fingerprint density at radius 1 is 1.41 bits per heavy atom. The fraction of sp³-hybridized carbons (Fsp3) is 0.200. The number of carboxylic acid groups (broad SMARTS) is 1. The van der Waals surface area contributed by atoms with E-state index in [4.69, 9.17) is 5.11 Å². The molecular weight excluding hydrogens is 284 g/mol. The Balaban J connectivity index is 2.15. The van der Waals surface area contributed by atoms with Crippen LogP contribution in [0.4, 0.5) is 0 Å². The molecule has 0 amide bonds. The monoisotopic (exact) mass is 298 g/mol. The van der Waals surface area contributed by atoms with E-state index in [9.17, 15) is 9.59 Å². The Hall–Kier alpha value is -2.96. The number of nitrogens with one attached hydrogen (secondary N) is 1. The number of aromatic nitrogens is 4. The Labute approximate surface area is 125 Å². The molecule has 0 spiro atoms. The van der Waals surface area contributed by atoms with Gasteiger partial charge in [-0.15, -0.1) is 0 Å². The summed E-state index contributed by atoms with van der Waals surface area (Å²) in [7, 11) is 0. The van der Waals surface area contributed by atoms with Gasteiger partial charge in [-0.25, -0.2) is 9.50 Å². The number of aryl methyl sites for hydroxylation is 1. The molecule has 0 bridgehead atoms. The third-order valence-electron chi connectivity index (χ3n) is 3.49. The Bertz CT molecular complexity index is 896. The third kappa shape index (κ3) is 2.37. The van der Waals surface area contributed by atoms with E-state index in [2.05, 4.69) is 15.1 Å². The minimum absolute atomic E-state index is 0.0996. The quantitative estimate of drug-likeness (QED) is 0.758. The van der Waals surface area contributed by atoms with Gasteiger partial charge in [0.15, 0.2) is 5.65 Å². The van der Waals surface area contributed by atoms with Gasteiger partial charge in [-0.2, -0.15) is 0 Å². The third-order valence-corrected chi connectivity index (χ3v) is 3.49. The molecule has 0 unspecified atom stereocenters. The van der Waals surface area contributed by atoms with E-state index in [-0.39, 0.29) is 18.4 Å². The summed E-state index contributed by atoms with van der Waals surface area (Å²) in [5.41, 5.74) is 2.61. The van der Waals surface area contributed by atoms with Crippen LogP contribution in [0.1, 0.15) is 17.7 Å². The molecule has 0 atom stereocenters. The number of rotatable bonds is 4. The Morgan fingerprint density at radius 2 is 2.23 bits per heavy atom. The van der Waals surface area contributed by atoms with E-state index < -0.39 is 5.97 Å². The lowest BCUT2D eigenvalue weighted by molar-refractivity contribution is -0.136. The number of aromatic amines is 1. The highest BCUT2D eigenvalue weighted by Crippen LogP contribution is 2.20. The summed E-state index contributed by atoms with van der Waals surface area (Å²) in [5, 5.41) is 11.6. The van der Waals surface area contributed by atoms with Crippen LogP contribution in [0.15, 0.2) is 35.4 Å².